The van der Waals surface area contributed by atoms with Crippen LogP contribution in [-0.4, -0.2) is 52.3 Å². The van der Waals surface area contributed by atoms with Crippen LogP contribution in [0.4, 0.5) is 14.6 Å². The number of thioether (sulfide) groups is 1. The van der Waals surface area contributed by atoms with E-state index in [-0.39, 0.29) is 5.82 Å². The van der Waals surface area contributed by atoms with Gasteiger partial charge in [0.1, 0.15) is 17.2 Å². The fraction of sp³-hybridized carbons (Fsp3) is 0.300. The molecular formula is C20H21F2N5OS. The van der Waals surface area contributed by atoms with E-state index >= 15 is 0 Å². The van der Waals surface area contributed by atoms with E-state index in [2.05, 4.69) is 32.1 Å². The summed E-state index contributed by atoms with van der Waals surface area (Å²) in [6.07, 6.45) is 5.82. The van der Waals surface area contributed by atoms with Crippen molar-refractivity contribution in [3.05, 3.63) is 59.1 Å². The molecule has 2 heterocycles. The van der Waals surface area contributed by atoms with E-state index in [9.17, 15) is 13.6 Å². The number of aromatic nitrogens is 2. The van der Waals surface area contributed by atoms with Gasteiger partial charge in [-0.15, -0.1) is 0 Å². The third-order valence-corrected chi connectivity index (χ3v) is 5.46. The Labute approximate surface area is 172 Å². The minimum Gasteiger partial charge on any atom is -0.347 e. The van der Waals surface area contributed by atoms with Crippen LogP contribution in [0.3, 0.4) is 0 Å². The molecule has 29 heavy (non-hydrogen) atoms. The van der Waals surface area contributed by atoms with Crippen LogP contribution in [0.15, 0.2) is 41.2 Å². The number of carbonyl (C=O) groups is 1. The normalized spacial score (nSPS) is 14.9. The van der Waals surface area contributed by atoms with E-state index < -0.39 is 23.1 Å². The first-order valence-electron chi connectivity index (χ1n) is 8.96. The van der Waals surface area contributed by atoms with Gasteiger partial charge >= 0.3 is 0 Å². The summed E-state index contributed by atoms with van der Waals surface area (Å²) >= 11 is 1.59. The molecular weight excluding hydrogens is 396 g/mol. The molecule has 2 aromatic rings. The number of halogens is 2. The smallest absolute Gasteiger partial charge is 0.262 e. The number of benzene rings is 1. The Morgan fingerprint density at radius 3 is 2.55 bits per heavy atom. The Morgan fingerprint density at radius 2 is 1.97 bits per heavy atom. The largest absolute Gasteiger partial charge is 0.347 e. The Morgan fingerprint density at radius 1 is 1.24 bits per heavy atom. The lowest BCUT2D eigenvalue weighted by atomic mass is 9.99. The third-order valence-electron chi connectivity index (χ3n) is 4.66. The molecule has 6 nitrogen and oxygen atoms in total. The van der Waals surface area contributed by atoms with E-state index in [1.54, 1.807) is 25.0 Å². The second kappa shape index (κ2) is 9.13. The van der Waals surface area contributed by atoms with Gasteiger partial charge in [-0.05, 0) is 37.3 Å². The van der Waals surface area contributed by atoms with Crippen molar-refractivity contribution >= 4 is 34.2 Å². The molecule has 0 aliphatic carbocycles. The molecule has 0 atom stereocenters. The van der Waals surface area contributed by atoms with Crippen LogP contribution in [-0.2, 0) is 0 Å². The zero-order valence-electron chi connectivity index (χ0n) is 16.4. The fourth-order valence-corrected chi connectivity index (χ4v) is 3.72. The highest BCUT2D eigenvalue weighted by Crippen LogP contribution is 2.27. The van der Waals surface area contributed by atoms with Crippen molar-refractivity contribution in [1.29, 1.82) is 0 Å². The molecule has 0 unspecified atom stereocenters. The Hall–Kier alpha value is -2.81. The van der Waals surface area contributed by atoms with Crippen LogP contribution in [0.25, 0.3) is 5.57 Å². The fourth-order valence-electron chi connectivity index (χ4n) is 3.13. The van der Waals surface area contributed by atoms with E-state index in [1.165, 1.54) is 17.8 Å². The van der Waals surface area contributed by atoms with Crippen LogP contribution in [0.2, 0.25) is 0 Å². The van der Waals surface area contributed by atoms with Crippen LogP contribution >= 0.6 is 11.8 Å². The zero-order chi connectivity index (χ0) is 21.0. The second-order valence-electron chi connectivity index (χ2n) is 6.48. The van der Waals surface area contributed by atoms with Crippen molar-refractivity contribution in [3.8, 4) is 0 Å². The van der Waals surface area contributed by atoms with Gasteiger partial charge < -0.3 is 10.2 Å². The SMILES string of the molecule is C/N=C(\SC)N1CCC(C)=C(c2cnc(NC(=O)c3c(F)cccc3F)cn2)C1. The molecule has 1 aromatic carbocycles. The maximum absolute atomic E-state index is 13.8. The maximum atomic E-state index is 13.8. The van der Waals surface area contributed by atoms with Crippen molar-refractivity contribution in [3.63, 3.8) is 0 Å². The molecule has 9 heteroatoms. The molecule has 1 aliphatic rings. The van der Waals surface area contributed by atoms with Gasteiger partial charge in [-0.2, -0.15) is 0 Å². The Bertz CT molecular complexity index is 955. The van der Waals surface area contributed by atoms with E-state index in [0.717, 1.165) is 35.8 Å². The monoisotopic (exact) mass is 417 g/mol. The number of rotatable bonds is 3. The molecule has 0 fully saturated rings. The molecule has 0 saturated carbocycles. The molecule has 0 spiro atoms. The Kier molecular flexibility index (Phi) is 6.58. The number of carbonyl (C=O) groups excluding carboxylic acids is 1. The third kappa shape index (κ3) is 4.61. The molecule has 1 amide bonds. The molecule has 0 saturated heterocycles. The summed E-state index contributed by atoms with van der Waals surface area (Å²) in [7, 11) is 1.77. The highest BCUT2D eigenvalue weighted by atomic mass is 32.2. The lowest BCUT2D eigenvalue weighted by molar-refractivity contribution is 0.101. The number of hydrogen-bond donors (Lipinski definition) is 1. The molecule has 1 aliphatic heterocycles. The average Bonchev–Trinajstić information content (AvgIpc) is 2.70. The summed E-state index contributed by atoms with van der Waals surface area (Å²) in [4.78, 5) is 27.3. The maximum Gasteiger partial charge on any atom is 0.262 e. The number of hydrogen-bond acceptors (Lipinski definition) is 5. The van der Waals surface area contributed by atoms with Crippen LogP contribution < -0.4 is 5.32 Å². The minimum atomic E-state index is -0.933. The number of nitrogens with one attached hydrogen (secondary N) is 1. The van der Waals surface area contributed by atoms with Gasteiger partial charge in [0, 0.05) is 20.1 Å². The number of nitrogens with zero attached hydrogens (tertiary/aromatic N) is 4. The summed E-state index contributed by atoms with van der Waals surface area (Å²) in [6.45, 7) is 3.62. The molecule has 0 radical (unpaired) electrons. The highest BCUT2D eigenvalue weighted by molar-refractivity contribution is 8.13. The number of amides is 1. The van der Waals surface area contributed by atoms with Crippen molar-refractivity contribution in [2.45, 2.75) is 13.3 Å². The molecule has 1 N–H and O–H groups in total. The molecule has 152 valence electrons. The quantitative estimate of drug-likeness (QED) is 0.607. The van der Waals surface area contributed by atoms with Gasteiger partial charge in [-0.3, -0.25) is 14.8 Å². The van der Waals surface area contributed by atoms with Crippen molar-refractivity contribution in [2.75, 3.05) is 31.7 Å². The minimum absolute atomic E-state index is 0.118. The van der Waals surface area contributed by atoms with Crippen LogP contribution in [0.1, 0.15) is 29.4 Å². The predicted octanol–water partition coefficient (Wildman–Crippen LogP) is 3.84. The molecule has 3 rings (SSSR count). The topological polar surface area (TPSA) is 70.5 Å². The van der Waals surface area contributed by atoms with Gasteiger partial charge in [-0.25, -0.2) is 13.8 Å². The zero-order valence-corrected chi connectivity index (χ0v) is 17.2. The van der Waals surface area contributed by atoms with E-state index in [4.69, 9.17) is 0 Å². The first kappa shape index (κ1) is 20.9. The summed E-state index contributed by atoms with van der Waals surface area (Å²) < 4.78 is 27.5. The lowest BCUT2D eigenvalue weighted by Gasteiger charge is -2.31. The molecule has 0 bridgehead atoms. The Balaban J connectivity index is 1.77. The van der Waals surface area contributed by atoms with Gasteiger partial charge in [-0.1, -0.05) is 23.4 Å². The second-order valence-corrected chi connectivity index (χ2v) is 7.25. The standard InChI is InChI=1S/C20H21F2N5OS/c1-12-7-8-27(20(23-2)29-3)11-13(12)16-9-25-17(10-24-16)26-19(28)18-14(21)5-4-6-15(18)22/h4-6,9-10H,7-8,11H2,1-3H3,(H,25,26,28)/b23-20-. The van der Waals surface area contributed by atoms with Crippen LogP contribution in [0.5, 0.6) is 0 Å². The summed E-state index contributed by atoms with van der Waals surface area (Å²) in [5, 5.41) is 3.34. The van der Waals surface area contributed by atoms with Crippen LogP contribution in [0, 0.1) is 11.6 Å². The summed E-state index contributed by atoms with van der Waals surface area (Å²) in [5.41, 5.74) is 2.32. The average molecular weight is 417 g/mol. The summed E-state index contributed by atoms with van der Waals surface area (Å²) in [5.74, 6) is -2.66. The number of amidine groups is 1. The van der Waals surface area contributed by atoms with Crippen molar-refractivity contribution < 1.29 is 13.6 Å². The van der Waals surface area contributed by atoms with Gasteiger partial charge in [0.2, 0.25) is 0 Å². The first-order chi connectivity index (χ1) is 13.9. The number of anilines is 1. The first-order valence-corrected chi connectivity index (χ1v) is 10.2. The molecule has 1 aromatic heterocycles. The number of aliphatic imine (C=N–C) groups is 1. The van der Waals surface area contributed by atoms with E-state index in [1.807, 2.05) is 6.26 Å². The van der Waals surface area contributed by atoms with Crippen molar-refractivity contribution in [1.82, 2.24) is 14.9 Å². The van der Waals surface area contributed by atoms with E-state index in [0.29, 0.717) is 12.2 Å². The predicted molar refractivity (Wildman–Crippen MR) is 112 cm³/mol. The van der Waals surface area contributed by atoms with Gasteiger partial charge in [0.15, 0.2) is 11.0 Å². The van der Waals surface area contributed by atoms with Crippen molar-refractivity contribution in [2.24, 2.45) is 4.99 Å². The lowest BCUT2D eigenvalue weighted by Crippen LogP contribution is -2.35. The van der Waals surface area contributed by atoms with Gasteiger partial charge in [0.25, 0.3) is 5.91 Å². The highest BCUT2D eigenvalue weighted by Gasteiger charge is 2.22. The van der Waals surface area contributed by atoms with Gasteiger partial charge in [0.05, 0.1) is 18.1 Å². The summed E-state index contributed by atoms with van der Waals surface area (Å²) in [6, 6.07) is 3.25.